The van der Waals surface area contributed by atoms with E-state index in [1.807, 2.05) is 35.9 Å². The first-order valence-electron chi connectivity index (χ1n) is 5.66. The minimum atomic E-state index is -0.240. The van der Waals surface area contributed by atoms with Crippen LogP contribution in [0, 0.1) is 0 Å². The number of likely N-dealkylation sites (N-methyl/N-ethyl adjacent to an activating group) is 1. The van der Waals surface area contributed by atoms with Gasteiger partial charge in [-0.25, -0.2) is 0 Å². The van der Waals surface area contributed by atoms with E-state index >= 15 is 0 Å². The lowest BCUT2D eigenvalue weighted by Crippen LogP contribution is -2.35. The summed E-state index contributed by atoms with van der Waals surface area (Å²) in [6, 6.07) is 7.65. The van der Waals surface area contributed by atoms with Gasteiger partial charge in [0.2, 0.25) is 5.91 Å². The molecule has 1 aromatic carbocycles. The number of aryl methyl sites for hydroxylation is 1. The molecule has 18 heavy (non-hydrogen) atoms. The molecule has 0 aliphatic heterocycles. The Labute approximate surface area is 105 Å². The molecule has 1 aromatic heterocycles. The Kier molecular flexibility index (Phi) is 3.32. The number of carbonyl (C=O) groups is 2. The number of fused-ring (bicyclic) bond motifs is 1. The van der Waals surface area contributed by atoms with Gasteiger partial charge in [-0.15, -0.1) is 0 Å². The number of aromatic nitrogens is 1. The van der Waals surface area contributed by atoms with Crippen LogP contribution in [0.4, 0.5) is 0 Å². The predicted octanol–water partition coefficient (Wildman–Crippen LogP) is 0.654. The van der Waals surface area contributed by atoms with E-state index in [1.165, 1.54) is 7.05 Å². The zero-order valence-electron chi connectivity index (χ0n) is 10.4. The summed E-state index contributed by atoms with van der Waals surface area (Å²) in [6.07, 6.45) is 1.77. The van der Waals surface area contributed by atoms with Gasteiger partial charge in [0, 0.05) is 31.2 Å². The second-order valence-corrected chi connectivity index (χ2v) is 4.03. The number of hydrogen-bond acceptors (Lipinski definition) is 2. The van der Waals surface area contributed by atoms with Crippen LogP contribution in [-0.2, 0) is 11.8 Å². The fourth-order valence-electron chi connectivity index (χ4n) is 1.87. The largest absolute Gasteiger partial charge is 0.358 e. The summed E-state index contributed by atoms with van der Waals surface area (Å²) in [5.74, 6) is -0.459. The SMILES string of the molecule is CNC(=O)CNC(=O)c1cn(C)c2ccccc12. The molecule has 0 spiro atoms. The maximum absolute atomic E-state index is 12.0. The molecule has 5 heteroatoms. The van der Waals surface area contributed by atoms with Crippen LogP contribution in [0.25, 0.3) is 10.9 Å². The quantitative estimate of drug-likeness (QED) is 0.834. The Bertz CT molecular complexity index is 601. The standard InChI is InChI=1S/C13H15N3O2/c1-14-12(17)7-15-13(18)10-8-16(2)11-6-4-3-5-9(10)11/h3-6,8H,7H2,1-2H3,(H,14,17)(H,15,18). The molecule has 2 aromatic rings. The number of amides is 2. The Morgan fingerprint density at radius 2 is 2.00 bits per heavy atom. The van der Waals surface area contributed by atoms with Crippen LogP contribution in [-0.4, -0.2) is 30.0 Å². The molecule has 2 rings (SSSR count). The van der Waals surface area contributed by atoms with Crippen molar-refractivity contribution in [2.75, 3.05) is 13.6 Å². The van der Waals surface area contributed by atoms with E-state index in [4.69, 9.17) is 0 Å². The highest BCUT2D eigenvalue weighted by Gasteiger charge is 2.13. The Balaban J connectivity index is 2.25. The first-order chi connectivity index (χ1) is 8.63. The average molecular weight is 245 g/mol. The van der Waals surface area contributed by atoms with Gasteiger partial charge in [-0.1, -0.05) is 18.2 Å². The number of benzene rings is 1. The zero-order valence-corrected chi connectivity index (χ0v) is 10.4. The van der Waals surface area contributed by atoms with Crippen molar-refractivity contribution in [1.29, 1.82) is 0 Å². The van der Waals surface area contributed by atoms with Gasteiger partial charge in [0.25, 0.3) is 5.91 Å². The van der Waals surface area contributed by atoms with Crippen LogP contribution in [0.1, 0.15) is 10.4 Å². The van der Waals surface area contributed by atoms with Crippen molar-refractivity contribution in [3.63, 3.8) is 0 Å². The molecule has 0 aliphatic rings. The van der Waals surface area contributed by atoms with Gasteiger partial charge in [0.15, 0.2) is 0 Å². The van der Waals surface area contributed by atoms with E-state index in [-0.39, 0.29) is 18.4 Å². The molecule has 0 saturated heterocycles. The third-order valence-corrected chi connectivity index (χ3v) is 2.83. The minimum absolute atomic E-state index is 0.0153. The van der Waals surface area contributed by atoms with E-state index in [2.05, 4.69) is 10.6 Å². The van der Waals surface area contributed by atoms with E-state index in [1.54, 1.807) is 6.20 Å². The highest BCUT2D eigenvalue weighted by Crippen LogP contribution is 2.19. The average Bonchev–Trinajstić information content (AvgIpc) is 2.74. The van der Waals surface area contributed by atoms with Gasteiger partial charge in [-0.3, -0.25) is 9.59 Å². The summed E-state index contributed by atoms with van der Waals surface area (Å²) in [5, 5.41) is 5.93. The van der Waals surface area contributed by atoms with Crippen molar-refractivity contribution >= 4 is 22.7 Å². The Morgan fingerprint density at radius 3 is 2.72 bits per heavy atom. The van der Waals surface area contributed by atoms with Gasteiger partial charge in [0.05, 0.1) is 12.1 Å². The molecule has 0 aliphatic carbocycles. The first-order valence-corrected chi connectivity index (χ1v) is 5.66. The normalized spacial score (nSPS) is 10.3. The molecule has 0 fully saturated rings. The zero-order chi connectivity index (χ0) is 13.1. The van der Waals surface area contributed by atoms with Crippen molar-refractivity contribution in [1.82, 2.24) is 15.2 Å². The molecule has 94 valence electrons. The van der Waals surface area contributed by atoms with E-state index in [0.29, 0.717) is 5.56 Å². The Morgan fingerprint density at radius 1 is 1.28 bits per heavy atom. The molecule has 5 nitrogen and oxygen atoms in total. The lowest BCUT2D eigenvalue weighted by molar-refractivity contribution is -0.119. The van der Waals surface area contributed by atoms with Gasteiger partial charge in [0.1, 0.15) is 0 Å². The molecule has 2 amide bonds. The highest BCUT2D eigenvalue weighted by atomic mass is 16.2. The molecule has 0 radical (unpaired) electrons. The van der Waals surface area contributed by atoms with E-state index in [9.17, 15) is 9.59 Å². The van der Waals surface area contributed by atoms with Crippen molar-refractivity contribution in [3.05, 3.63) is 36.0 Å². The van der Waals surface area contributed by atoms with Gasteiger partial charge in [-0.2, -0.15) is 0 Å². The number of para-hydroxylation sites is 1. The van der Waals surface area contributed by atoms with E-state index < -0.39 is 0 Å². The van der Waals surface area contributed by atoms with Crippen LogP contribution in [0.5, 0.6) is 0 Å². The maximum atomic E-state index is 12.0. The second kappa shape index (κ2) is 4.91. The molecule has 0 bridgehead atoms. The van der Waals surface area contributed by atoms with Gasteiger partial charge >= 0.3 is 0 Å². The summed E-state index contributed by atoms with van der Waals surface area (Å²) in [6.45, 7) is -0.0153. The number of rotatable bonds is 3. The summed E-state index contributed by atoms with van der Waals surface area (Å²) in [5.41, 5.74) is 1.57. The molecular weight excluding hydrogens is 230 g/mol. The first kappa shape index (κ1) is 12.2. The summed E-state index contributed by atoms with van der Waals surface area (Å²) in [4.78, 5) is 23.1. The van der Waals surface area contributed by atoms with Gasteiger partial charge in [-0.05, 0) is 6.07 Å². The molecule has 0 atom stereocenters. The molecule has 2 N–H and O–H groups in total. The number of nitrogens with one attached hydrogen (secondary N) is 2. The van der Waals surface area contributed by atoms with Gasteiger partial charge < -0.3 is 15.2 Å². The number of carbonyl (C=O) groups excluding carboxylic acids is 2. The second-order valence-electron chi connectivity index (χ2n) is 4.03. The smallest absolute Gasteiger partial charge is 0.253 e. The third kappa shape index (κ3) is 2.20. The van der Waals surface area contributed by atoms with Crippen LogP contribution in [0.2, 0.25) is 0 Å². The topological polar surface area (TPSA) is 63.1 Å². The number of hydrogen-bond donors (Lipinski definition) is 2. The lowest BCUT2D eigenvalue weighted by Gasteiger charge is -2.02. The third-order valence-electron chi connectivity index (χ3n) is 2.83. The predicted molar refractivity (Wildman–Crippen MR) is 69.3 cm³/mol. The van der Waals surface area contributed by atoms with Crippen LogP contribution >= 0.6 is 0 Å². The molecule has 0 saturated carbocycles. The molecule has 1 heterocycles. The van der Waals surface area contributed by atoms with E-state index in [0.717, 1.165) is 10.9 Å². The summed E-state index contributed by atoms with van der Waals surface area (Å²) in [7, 11) is 3.42. The van der Waals surface area contributed by atoms with Crippen LogP contribution in [0.15, 0.2) is 30.5 Å². The molecule has 0 unspecified atom stereocenters. The van der Waals surface area contributed by atoms with Crippen LogP contribution < -0.4 is 10.6 Å². The maximum Gasteiger partial charge on any atom is 0.253 e. The fourth-order valence-corrected chi connectivity index (χ4v) is 1.87. The monoisotopic (exact) mass is 245 g/mol. The highest BCUT2D eigenvalue weighted by molar-refractivity contribution is 6.07. The van der Waals surface area contributed by atoms with Crippen LogP contribution in [0.3, 0.4) is 0 Å². The fraction of sp³-hybridized carbons (Fsp3) is 0.231. The summed E-state index contributed by atoms with van der Waals surface area (Å²) >= 11 is 0. The van der Waals surface area contributed by atoms with Crippen molar-refractivity contribution < 1.29 is 9.59 Å². The molecular formula is C13H15N3O2. The lowest BCUT2D eigenvalue weighted by atomic mass is 10.1. The Hall–Kier alpha value is -2.30. The van der Waals surface area contributed by atoms with Crippen molar-refractivity contribution in [3.8, 4) is 0 Å². The number of nitrogens with zero attached hydrogens (tertiary/aromatic N) is 1. The summed E-state index contributed by atoms with van der Waals surface area (Å²) < 4.78 is 1.89. The minimum Gasteiger partial charge on any atom is -0.358 e. The van der Waals surface area contributed by atoms with Crippen molar-refractivity contribution in [2.45, 2.75) is 0 Å². The van der Waals surface area contributed by atoms with Crippen molar-refractivity contribution in [2.24, 2.45) is 7.05 Å².